The number of carbonyl (C=O) groups excluding carboxylic acids is 2. The van der Waals surface area contributed by atoms with Gasteiger partial charge < -0.3 is 16.4 Å². The molecule has 0 radical (unpaired) electrons. The molecule has 0 fully saturated rings. The first kappa shape index (κ1) is 18.9. The molecule has 124 valence electrons. The van der Waals surface area contributed by atoms with Crippen LogP contribution in [0.15, 0.2) is 36.5 Å². The first-order chi connectivity index (χ1) is 10.6. The third-order valence-corrected chi connectivity index (χ3v) is 3.27. The number of aromatic nitrogens is 1. The van der Waals surface area contributed by atoms with Crippen molar-refractivity contribution in [2.45, 2.75) is 25.8 Å². The van der Waals surface area contributed by atoms with Crippen LogP contribution in [0.5, 0.6) is 0 Å². The highest BCUT2D eigenvalue weighted by atomic mass is 35.5. The molecule has 23 heavy (non-hydrogen) atoms. The third-order valence-electron chi connectivity index (χ3n) is 3.27. The zero-order chi connectivity index (χ0) is 15.9. The van der Waals surface area contributed by atoms with Gasteiger partial charge in [0.05, 0.1) is 23.8 Å². The van der Waals surface area contributed by atoms with Crippen molar-refractivity contribution in [1.29, 1.82) is 0 Å². The number of nitrogens with one attached hydrogen (secondary N) is 2. The second kappa shape index (κ2) is 9.07. The van der Waals surface area contributed by atoms with Crippen molar-refractivity contribution < 1.29 is 9.59 Å². The summed E-state index contributed by atoms with van der Waals surface area (Å²) in [5.74, 6) is -0.622. The van der Waals surface area contributed by atoms with Crippen LogP contribution in [0.3, 0.4) is 0 Å². The molecule has 1 heterocycles. The Morgan fingerprint density at radius 1 is 1.26 bits per heavy atom. The van der Waals surface area contributed by atoms with Crippen molar-refractivity contribution in [2.75, 3.05) is 11.9 Å². The zero-order valence-corrected chi connectivity index (χ0v) is 13.7. The average Bonchev–Trinajstić information content (AvgIpc) is 2.53. The number of amides is 2. The monoisotopic (exact) mass is 336 g/mol. The molecule has 0 aliphatic carbocycles. The van der Waals surface area contributed by atoms with E-state index in [4.69, 9.17) is 5.73 Å². The Morgan fingerprint density at radius 3 is 2.74 bits per heavy atom. The lowest BCUT2D eigenvalue weighted by Gasteiger charge is -2.12. The molecule has 7 heteroatoms. The van der Waals surface area contributed by atoms with Crippen molar-refractivity contribution in [3.05, 3.63) is 36.5 Å². The Morgan fingerprint density at radius 2 is 2.00 bits per heavy atom. The molecule has 6 nitrogen and oxygen atoms in total. The summed E-state index contributed by atoms with van der Waals surface area (Å²) < 4.78 is 0. The van der Waals surface area contributed by atoms with E-state index in [1.54, 1.807) is 12.3 Å². The number of nitrogens with zero attached hydrogens (tertiary/aromatic N) is 1. The van der Waals surface area contributed by atoms with Gasteiger partial charge in [-0.05, 0) is 18.6 Å². The molecule has 1 atom stereocenters. The third kappa shape index (κ3) is 5.19. The van der Waals surface area contributed by atoms with Crippen molar-refractivity contribution >= 4 is 40.8 Å². The Balaban J connectivity index is 0.00000264. The van der Waals surface area contributed by atoms with E-state index in [2.05, 4.69) is 15.6 Å². The van der Waals surface area contributed by atoms with Gasteiger partial charge >= 0.3 is 0 Å². The van der Waals surface area contributed by atoms with Crippen LogP contribution in [0.1, 0.15) is 19.8 Å². The molecule has 0 bridgehead atoms. The number of pyridine rings is 1. The summed E-state index contributed by atoms with van der Waals surface area (Å²) in [6, 6.07) is 8.72. The number of hydrogen-bond donors (Lipinski definition) is 3. The molecule has 2 amide bonds. The number of carbonyl (C=O) groups is 2. The normalized spacial score (nSPS) is 11.4. The molecule has 0 spiro atoms. The number of benzene rings is 1. The van der Waals surface area contributed by atoms with E-state index in [1.165, 1.54) is 0 Å². The maximum atomic E-state index is 11.9. The molecular weight excluding hydrogens is 316 g/mol. The summed E-state index contributed by atoms with van der Waals surface area (Å²) in [5.41, 5.74) is 7.02. The molecule has 1 aromatic heterocycles. The predicted molar refractivity (Wildman–Crippen MR) is 93.5 cm³/mol. The smallest absolute Gasteiger partial charge is 0.243 e. The van der Waals surface area contributed by atoms with Crippen molar-refractivity contribution in [3.8, 4) is 0 Å². The lowest BCUT2D eigenvalue weighted by Crippen LogP contribution is -2.43. The fraction of sp³-hybridized carbons (Fsp3) is 0.312. The van der Waals surface area contributed by atoms with Crippen LogP contribution in [0.25, 0.3) is 10.9 Å². The quantitative estimate of drug-likeness (QED) is 0.749. The molecule has 0 aliphatic heterocycles. The van der Waals surface area contributed by atoms with Gasteiger partial charge in [0.1, 0.15) is 0 Å². The van der Waals surface area contributed by atoms with E-state index >= 15 is 0 Å². The fourth-order valence-electron chi connectivity index (χ4n) is 2.14. The van der Waals surface area contributed by atoms with Crippen LogP contribution >= 0.6 is 12.4 Å². The zero-order valence-electron chi connectivity index (χ0n) is 12.9. The van der Waals surface area contributed by atoms with Gasteiger partial charge in [0.25, 0.3) is 0 Å². The van der Waals surface area contributed by atoms with Gasteiger partial charge in [-0.1, -0.05) is 31.5 Å². The molecule has 0 aliphatic rings. The van der Waals surface area contributed by atoms with Gasteiger partial charge in [-0.2, -0.15) is 0 Å². The van der Waals surface area contributed by atoms with Gasteiger partial charge in [-0.25, -0.2) is 0 Å². The molecule has 0 saturated carbocycles. The van der Waals surface area contributed by atoms with Crippen LogP contribution in [0.2, 0.25) is 0 Å². The molecule has 2 rings (SSSR count). The lowest BCUT2D eigenvalue weighted by molar-refractivity contribution is -0.125. The Labute approximate surface area is 141 Å². The van der Waals surface area contributed by atoms with Crippen LogP contribution in [0, 0.1) is 0 Å². The van der Waals surface area contributed by atoms with E-state index in [9.17, 15) is 9.59 Å². The predicted octanol–water partition coefficient (Wildman–Crippen LogP) is 1.84. The van der Waals surface area contributed by atoms with Gasteiger partial charge in [0, 0.05) is 11.6 Å². The van der Waals surface area contributed by atoms with Crippen molar-refractivity contribution in [2.24, 2.45) is 5.73 Å². The number of hydrogen-bond acceptors (Lipinski definition) is 4. The summed E-state index contributed by atoms with van der Waals surface area (Å²) in [4.78, 5) is 27.9. The minimum Gasteiger partial charge on any atom is -0.346 e. The molecule has 1 aromatic carbocycles. The topological polar surface area (TPSA) is 97.1 Å². The molecule has 4 N–H and O–H groups in total. The average molecular weight is 337 g/mol. The Kier molecular flexibility index (Phi) is 7.44. The van der Waals surface area contributed by atoms with E-state index in [0.29, 0.717) is 17.6 Å². The van der Waals surface area contributed by atoms with E-state index < -0.39 is 6.04 Å². The number of anilines is 1. The van der Waals surface area contributed by atoms with Gasteiger partial charge in [-0.15, -0.1) is 12.4 Å². The van der Waals surface area contributed by atoms with Crippen molar-refractivity contribution in [1.82, 2.24) is 10.3 Å². The Bertz CT molecular complexity index is 673. The first-order valence-corrected chi connectivity index (χ1v) is 7.28. The first-order valence-electron chi connectivity index (χ1n) is 7.28. The minimum atomic E-state index is -0.572. The van der Waals surface area contributed by atoms with Gasteiger partial charge in [0.15, 0.2) is 0 Å². The number of halogens is 1. The van der Waals surface area contributed by atoms with Crippen LogP contribution < -0.4 is 16.4 Å². The summed E-state index contributed by atoms with van der Waals surface area (Å²) in [6.07, 6.45) is 3.09. The van der Waals surface area contributed by atoms with Crippen LogP contribution in [-0.4, -0.2) is 29.4 Å². The summed E-state index contributed by atoms with van der Waals surface area (Å²) in [6.45, 7) is 1.84. The number of nitrogens with two attached hydrogens (primary N) is 1. The number of rotatable bonds is 6. The lowest BCUT2D eigenvalue weighted by atomic mass is 10.1. The Hall–Kier alpha value is -2.18. The molecular formula is C16H21ClN4O2. The number of para-hydroxylation sites is 1. The second-order valence-corrected chi connectivity index (χ2v) is 5.04. The SMILES string of the molecule is CCCC(N)C(=O)NCC(=O)Nc1cccc2cccnc12.Cl. The highest BCUT2D eigenvalue weighted by Gasteiger charge is 2.13. The minimum absolute atomic E-state index is 0. The maximum Gasteiger partial charge on any atom is 0.243 e. The highest BCUT2D eigenvalue weighted by molar-refractivity contribution is 6.01. The van der Waals surface area contributed by atoms with Gasteiger partial charge in [-0.3, -0.25) is 14.6 Å². The van der Waals surface area contributed by atoms with E-state index in [-0.39, 0.29) is 30.8 Å². The molecule has 2 aromatic rings. The van der Waals surface area contributed by atoms with E-state index in [1.807, 2.05) is 31.2 Å². The number of fused-ring (bicyclic) bond motifs is 1. The second-order valence-electron chi connectivity index (χ2n) is 5.04. The maximum absolute atomic E-state index is 11.9. The van der Waals surface area contributed by atoms with Crippen LogP contribution in [0.4, 0.5) is 5.69 Å². The van der Waals surface area contributed by atoms with Crippen LogP contribution in [-0.2, 0) is 9.59 Å². The molecule has 0 saturated heterocycles. The summed E-state index contributed by atoms with van der Waals surface area (Å²) in [7, 11) is 0. The molecule has 1 unspecified atom stereocenters. The standard InChI is InChI=1S/C16H20N4O2.ClH/c1-2-5-12(17)16(22)19-10-14(21)20-13-8-3-6-11-7-4-9-18-15(11)13;/h3-4,6-9,12H,2,5,10,17H2,1H3,(H,19,22)(H,20,21);1H. The highest BCUT2D eigenvalue weighted by Crippen LogP contribution is 2.20. The summed E-state index contributed by atoms with van der Waals surface area (Å²) >= 11 is 0. The largest absolute Gasteiger partial charge is 0.346 e. The van der Waals surface area contributed by atoms with E-state index in [0.717, 1.165) is 11.8 Å². The summed E-state index contributed by atoms with van der Waals surface area (Å²) in [5, 5.41) is 6.23. The fourth-order valence-corrected chi connectivity index (χ4v) is 2.14. The van der Waals surface area contributed by atoms with Crippen molar-refractivity contribution in [3.63, 3.8) is 0 Å². The van der Waals surface area contributed by atoms with Gasteiger partial charge in [0.2, 0.25) is 11.8 Å².